The molecule has 1 saturated heterocycles. The van der Waals surface area contributed by atoms with Crippen LogP contribution in [0.3, 0.4) is 0 Å². The van der Waals surface area contributed by atoms with Crippen molar-refractivity contribution < 1.29 is 14.3 Å². The third-order valence-electron chi connectivity index (χ3n) is 3.90. The molecule has 0 bridgehead atoms. The van der Waals surface area contributed by atoms with Gasteiger partial charge in [0.1, 0.15) is 0 Å². The molecule has 1 amide bonds. The number of carbonyl (C=O) groups is 1. The van der Waals surface area contributed by atoms with Gasteiger partial charge in [-0.25, -0.2) is 0 Å². The van der Waals surface area contributed by atoms with Gasteiger partial charge < -0.3 is 20.1 Å². The van der Waals surface area contributed by atoms with Crippen LogP contribution >= 0.6 is 11.8 Å². The van der Waals surface area contributed by atoms with E-state index >= 15 is 0 Å². The number of hydrogen-bond donors (Lipinski definition) is 2. The van der Waals surface area contributed by atoms with E-state index in [0.717, 1.165) is 34.9 Å². The Labute approximate surface area is 148 Å². The molecule has 5 nitrogen and oxygen atoms in total. The van der Waals surface area contributed by atoms with Crippen LogP contribution < -0.4 is 20.1 Å². The average molecular weight is 350 g/mol. The quantitative estimate of drug-likeness (QED) is 0.704. The predicted octanol–water partition coefficient (Wildman–Crippen LogP) is 2.14. The van der Waals surface area contributed by atoms with Crippen molar-refractivity contribution in [3.63, 3.8) is 0 Å². The van der Waals surface area contributed by atoms with Crippen molar-refractivity contribution in [1.29, 1.82) is 0 Å². The highest BCUT2D eigenvalue weighted by molar-refractivity contribution is 7.99. The first-order chi connectivity index (χ1) is 11.7. The summed E-state index contributed by atoms with van der Waals surface area (Å²) in [5, 5.41) is 6.37. The minimum atomic E-state index is 0.0649. The second-order valence-corrected chi connectivity index (χ2v) is 6.84. The van der Waals surface area contributed by atoms with Gasteiger partial charge in [0.25, 0.3) is 0 Å². The van der Waals surface area contributed by atoms with Gasteiger partial charge in [0, 0.05) is 42.6 Å². The van der Waals surface area contributed by atoms with Gasteiger partial charge in [0.15, 0.2) is 11.5 Å². The summed E-state index contributed by atoms with van der Waals surface area (Å²) in [5.41, 5.74) is 1.99. The smallest absolute Gasteiger partial charge is 0.221 e. The Hall–Kier alpha value is -1.66. The van der Waals surface area contributed by atoms with Crippen molar-refractivity contribution in [1.82, 2.24) is 10.6 Å². The molecule has 0 aliphatic carbocycles. The Morgan fingerprint density at radius 1 is 1.46 bits per heavy atom. The normalized spacial score (nSPS) is 17.2. The van der Waals surface area contributed by atoms with Crippen molar-refractivity contribution in [2.45, 2.75) is 25.4 Å². The number of hydrogen-bond acceptors (Lipinski definition) is 5. The molecule has 24 heavy (non-hydrogen) atoms. The summed E-state index contributed by atoms with van der Waals surface area (Å²) in [4.78, 5) is 12.1. The Bertz CT molecular complexity index is 572. The van der Waals surface area contributed by atoms with Crippen molar-refractivity contribution >= 4 is 17.7 Å². The van der Waals surface area contributed by atoms with Gasteiger partial charge in [-0.15, -0.1) is 6.58 Å². The summed E-state index contributed by atoms with van der Waals surface area (Å²) >= 11 is 1.89. The lowest BCUT2D eigenvalue weighted by molar-refractivity contribution is -0.121. The summed E-state index contributed by atoms with van der Waals surface area (Å²) in [6.07, 6.45) is 3.02. The van der Waals surface area contributed by atoms with E-state index in [1.807, 2.05) is 30.0 Å². The summed E-state index contributed by atoms with van der Waals surface area (Å²) in [6.45, 7) is 5.23. The molecule has 0 aromatic heterocycles. The second-order valence-electron chi connectivity index (χ2n) is 5.69. The lowest BCUT2D eigenvalue weighted by Crippen LogP contribution is -2.41. The molecule has 1 aromatic rings. The van der Waals surface area contributed by atoms with Gasteiger partial charge in [-0.05, 0) is 24.1 Å². The Morgan fingerprint density at radius 3 is 2.92 bits per heavy atom. The van der Waals surface area contributed by atoms with Gasteiger partial charge in [0.2, 0.25) is 5.91 Å². The minimum absolute atomic E-state index is 0.0649. The molecule has 1 aliphatic rings. The highest BCUT2D eigenvalue weighted by Crippen LogP contribution is 2.33. The van der Waals surface area contributed by atoms with Crippen molar-refractivity contribution in [2.75, 3.05) is 32.3 Å². The zero-order valence-electron chi connectivity index (χ0n) is 14.4. The fourth-order valence-corrected chi connectivity index (χ4v) is 3.71. The van der Waals surface area contributed by atoms with E-state index in [1.54, 1.807) is 14.2 Å². The maximum atomic E-state index is 12.1. The van der Waals surface area contributed by atoms with Crippen LogP contribution in [0.25, 0.3) is 0 Å². The number of allylic oxidation sites excluding steroid dienone is 1. The number of benzene rings is 1. The van der Waals surface area contributed by atoms with Crippen molar-refractivity contribution in [3.05, 3.63) is 35.9 Å². The zero-order chi connectivity index (χ0) is 17.4. The summed E-state index contributed by atoms with van der Waals surface area (Å²) in [6, 6.07) is 4.20. The van der Waals surface area contributed by atoms with Crippen LogP contribution in [-0.4, -0.2) is 44.2 Å². The fraction of sp³-hybridized carbons (Fsp3) is 0.500. The Kier molecular flexibility index (Phi) is 7.46. The van der Waals surface area contributed by atoms with E-state index in [4.69, 9.17) is 9.47 Å². The molecular weight excluding hydrogens is 324 g/mol. The van der Waals surface area contributed by atoms with E-state index in [9.17, 15) is 4.79 Å². The molecule has 2 N–H and O–H groups in total. The molecule has 1 atom stereocenters. The van der Waals surface area contributed by atoms with Gasteiger partial charge in [-0.2, -0.15) is 11.8 Å². The predicted molar refractivity (Wildman–Crippen MR) is 99.0 cm³/mol. The molecule has 132 valence electrons. The van der Waals surface area contributed by atoms with Crippen LogP contribution in [0.2, 0.25) is 0 Å². The SMILES string of the molecule is C=CCc1cc(CNC(=O)CC2CSCCN2)cc(OC)c1OC. The monoisotopic (exact) mass is 350 g/mol. The van der Waals surface area contributed by atoms with Crippen molar-refractivity contribution in [3.8, 4) is 11.5 Å². The molecule has 1 fully saturated rings. The fourth-order valence-electron chi connectivity index (χ4n) is 2.76. The number of carbonyl (C=O) groups excluding carboxylic acids is 1. The molecule has 2 rings (SSSR count). The number of ether oxygens (including phenoxy) is 2. The first-order valence-electron chi connectivity index (χ1n) is 8.10. The van der Waals surface area contributed by atoms with Gasteiger partial charge in [-0.1, -0.05) is 6.08 Å². The molecule has 0 radical (unpaired) electrons. The van der Waals surface area contributed by atoms with Crippen molar-refractivity contribution in [2.24, 2.45) is 0 Å². The molecular formula is C18H26N2O3S. The summed E-state index contributed by atoms with van der Waals surface area (Å²) in [7, 11) is 3.24. The van der Waals surface area contributed by atoms with Crippen LogP contribution in [-0.2, 0) is 17.8 Å². The molecule has 1 aliphatic heterocycles. The van der Waals surface area contributed by atoms with Crippen LogP contribution in [0.1, 0.15) is 17.5 Å². The van der Waals surface area contributed by atoms with Gasteiger partial charge >= 0.3 is 0 Å². The standard InChI is InChI=1S/C18H26N2O3S/c1-4-5-14-8-13(9-16(22-2)18(14)23-3)11-20-17(21)10-15-12-24-7-6-19-15/h4,8-9,15,19H,1,5-7,10-12H2,2-3H3,(H,20,21). The maximum absolute atomic E-state index is 12.1. The van der Waals surface area contributed by atoms with Crippen LogP contribution in [0, 0.1) is 0 Å². The average Bonchev–Trinajstić information content (AvgIpc) is 2.60. The summed E-state index contributed by atoms with van der Waals surface area (Å²) in [5.74, 6) is 3.57. The Morgan fingerprint density at radius 2 is 2.29 bits per heavy atom. The topological polar surface area (TPSA) is 59.6 Å². The molecule has 0 saturated carbocycles. The number of thioether (sulfide) groups is 1. The number of amides is 1. The minimum Gasteiger partial charge on any atom is -0.493 e. The van der Waals surface area contributed by atoms with Crippen LogP contribution in [0.15, 0.2) is 24.8 Å². The molecule has 6 heteroatoms. The summed E-state index contributed by atoms with van der Waals surface area (Å²) < 4.78 is 10.8. The van der Waals surface area contributed by atoms with E-state index in [2.05, 4.69) is 17.2 Å². The van der Waals surface area contributed by atoms with E-state index in [-0.39, 0.29) is 11.9 Å². The highest BCUT2D eigenvalue weighted by atomic mass is 32.2. The molecule has 1 aromatic carbocycles. The third kappa shape index (κ3) is 5.18. The van der Waals surface area contributed by atoms with E-state index in [0.29, 0.717) is 25.1 Å². The van der Waals surface area contributed by atoms with Crippen LogP contribution in [0.4, 0.5) is 0 Å². The zero-order valence-corrected chi connectivity index (χ0v) is 15.2. The molecule has 0 spiro atoms. The first-order valence-corrected chi connectivity index (χ1v) is 9.26. The number of nitrogens with one attached hydrogen (secondary N) is 2. The largest absolute Gasteiger partial charge is 0.493 e. The first kappa shape index (κ1) is 18.7. The lowest BCUT2D eigenvalue weighted by Gasteiger charge is -2.22. The lowest BCUT2D eigenvalue weighted by atomic mass is 10.1. The molecule has 1 heterocycles. The number of rotatable bonds is 8. The van der Waals surface area contributed by atoms with Gasteiger partial charge in [0.05, 0.1) is 14.2 Å². The Balaban J connectivity index is 1.99. The highest BCUT2D eigenvalue weighted by Gasteiger charge is 2.17. The van der Waals surface area contributed by atoms with E-state index in [1.165, 1.54) is 0 Å². The maximum Gasteiger partial charge on any atom is 0.221 e. The molecule has 1 unspecified atom stereocenters. The second kappa shape index (κ2) is 9.59. The number of methoxy groups -OCH3 is 2. The van der Waals surface area contributed by atoms with Crippen LogP contribution in [0.5, 0.6) is 11.5 Å². The third-order valence-corrected chi connectivity index (χ3v) is 5.03. The van der Waals surface area contributed by atoms with Gasteiger partial charge in [-0.3, -0.25) is 4.79 Å². The van der Waals surface area contributed by atoms with E-state index < -0.39 is 0 Å².